The summed E-state index contributed by atoms with van der Waals surface area (Å²) in [6.45, 7) is 0. The zero-order chi connectivity index (χ0) is 10.2. The number of hydrogen-bond acceptors (Lipinski definition) is 0. The van der Waals surface area contributed by atoms with Gasteiger partial charge in [-0.2, -0.15) is 0 Å². The third kappa shape index (κ3) is 2.95. The molecule has 0 fully saturated rings. The lowest BCUT2D eigenvalue weighted by molar-refractivity contribution is 1.24. The molecule has 0 spiro atoms. The van der Waals surface area contributed by atoms with Gasteiger partial charge in [-0.3, -0.25) is 0 Å². The second-order valence-electron chi connectivity index (χ2n) is 2.25. The lowest BCUT2D eigenvalue weighted by Gasteiger charge is -2.14. The van der Waals surface area contributed by atoms with Gasteiger partial charge < -0.3 is 0 Å². The molecular weight excluding hydrogens is 297 g/mol. The third-order valence-electron chi connectivity index (χ3n) is 1.30. The number of alkyl halides is 3. The van der Waals surface area contributed by atoms with Gasteiger partial charge in [-0.25, -0.2) is 0 Å². The molecule has 0 aliphatic rings. The molecular formula is C7H2Cl6. The molecule has 0 nitrogen and oxygen atoms in total. The average molecular weight is 299 g/mol. The summed E-state index contributed by atoms with van der Waals surface area (Å²) in [7, 11) is 0. The largest absolute Gasteiger partial charge is 0.217 e. The van der Waals surface area contributed by atoms with E-state index in [0.29, 0.717) is 5.02 Å². The predicted molar refractivity (Wildman–Crippen MR) is 60.7 cm³/mol. The van der Waals surface area contributed by atoms with E-state index in [1.165, 1.54) is 12.1 Å². The van der Waals surface area contributed by atoms with Crippen LogP contribution in [0.25, 0.3) is 0 Å². The zero-order valence-corrected chi connectivity index (χ0v) is 10.5. The van der Waals surface area contributed by atoms with Crippen LogP contribution in [0.5, 0.6) is 0 Å². The van der Waals surface area contributed by atoms with E-state index in [1.807, 2.05) is 0 Å². The Morgan fingerprint density at radius 2 is 1.46 bits per heavy atom. The maximum absolute atomic E-state index is 5.81. The fourth-order valence-electron chi connectivity index (χ4n) is 0.762. The summed E-state index contributed by atoms with van der Waals surface area (Å²) in [6.07, 6.45) is 0. The quantitative estimate of drug-likeness (QED) is 0.440. The van der Waals surface area contributed by atoms with Gasteiger partial charge in [0.1, 0.15) is 0 Å². The van der Waals surface area contributed by atoms with Gasteiger partial charge in [-0.15, -0.1) is 0 Å². The molecule has 6 heteroatoms. The van der Waals surface area contributed by atoms with Gasteiger partial charge in [-0.05, 0) is 12.1 Å². The Balaban J connectivity index is 3.37. The Kier molecular flexibility index (Phi) is 3.91. The molecule has 0 aromatic heterocycles. The van der Waals surface area contributed by atoms with Crippen molar-refractivity contribution in [3.63, 3.8) is 0 Å². The van der Waals surface area contributed by atoms with Gasteiger partial charge in [0.25, 0.3) is 0 Å². The lowest BCUT2D eigenvalue weighted by Crippen LogP contribution is -2.01. The zero-order valence-electron chi connectivity index (χ0n) is 5.92. The first-order valence-electron chi connectivity index (χ1n) is 3.04. The molecule has 0 bridgehead atoms. The summed E-state index contributed by atoms with van der Waals surface area (Å²) in [5.74, 6) is 0. The molecule has 1 aromatic rings. The van der Waals surface area contributed by atoms with Gasteiger partial charge in [0.15, 0.2) is 0 Å². The van der Waals surface area contributed by atoms with Gasteiger partial charge in [0.05, 0.1) is 10.0 Å². The lowest BCUT2D eigenvalue weighted by atomic mass is 10.2. The number of rotatable bonds is 0. The Morgan fingerprint density at radius 1 is 0.923 bits per heavy atom. The minimum absolute atomic E-state index is 0.200. The fraction of sp³-hybridized carbons (Fsp3) is 0.143. The monoisotopic (exact) mass is 296 g/mol. The topological polar surface area (TPSA) is 0 Å². The van der Waals surface area contributed by atoms with Crippen LogP contribution in [0.15, 0.2) is 12.1 Å². The van der Waals surface area contributed by atoms with Crippen molar-refractivity contribution in [3.8, 4) is 0 Å². The van der Waals surface area contributed by atoms with Crippen molar-refractivity contribution in [2.24, 2.45) is 0 Å². The van der Waals surface area contributed by atoms with Crippen molar-refractivity contribution in [2.45, 2.75) is 3.79 Å². The standard InChI is InChI=1S/C7H2Cl6/c8-3-1-4(7(11,12)13)6(10)5(9)2-3/h1-2H. The molecule has 0 heterocycles. The van der Waals surface area contributed by atoms with E-state index in [-0.39, 0.29) is 15.6 Å². The van der Waals surface area contributed by atoms with Crippen molar-refractivity contribution < 1.29 is 0 Å². The van der Waals surface area contributed by atoms with E-state index in [4.69, 9.17) is 69.6 Å². The third-order valence-corrected chi connectivity index (χ3v) is 2.93. The summed E-state index contributed by atoms with van der Waals surface area (Å²) < 4.78 is -1.62. The van der Waals surface area contributed by atoms with Gasteiger partial charge in [0.2, 0.25) is 3.79 Å². The van der Waals surface area contributed by atoms with Crippen LogP contribution in [0.2, 0.25) is 15.1 Å². The SMILES string of the molecule is Clc1cc(Cl)c(Cl)c(C(Cl)(Cl)Cl)c1. The first-order valence-corrected chi connectivity index (χ1v) is 5.31. The number of benzene rings is 1. The molecule has 0 amide bonds. The molecule has 0 N–H and O–H groups in total. The summed E-state index contributed by atoms with van der Waals surface area (Å²) >= 11 is 34.2. The van der Waals surface area contributed by atoms with Gasteiger partial charge in [-0.1, -0.05) is 69.6 Å². The Hall–Kier alpha value is 0.960. The van der Waals surface area contributed by atoms with E-state index in [1.54, 1.807) is 0 Å². The van der Waals surface area contributed by atoms with Crippen LogP contribution in [0.4, 0.5) is 0 Å². The predicted octanol–water partition coefficient (Wildman–Crippen LogP) is 5.47. The van der Waals surface area contributed by atoms with Crippen LogP contribution < -0.4 is 0 Å². The average Bonchev–Trinajstić information content (AvgIpc) is 1.94. The Labute approximate surface area is 106 Å². The Morgan fingerprint density at radius 3 is 1.92 bits per heavy atom. The summed E-state index contributed by atoms with van der Waals surface area (Å²) in [5, 5.41) is 0.831. The highest BCUT2D eigenvalue weighted by atomic mass is 35.6. The Bertz CT molecular complexity index is 326. The van der Waals surface area contributed by atoms with Crippen LogP contribution in [-0.2, 0) is 3.79 Å². The summed E-state index contributed by atoms with van der Waals surface area (Å²) in [6, 6.07) is 2.94. The highest BCUT2D eigenvalue weighted by molar-refractivity contribution is 6.67. The van der Waals surface area contributed by atoms with Gasteiger partial charge in [0, 0.05) is 10.6 Å². The number of halogens is 6. The molecule has 0 aliphatic heterocycles. The van der Waals surface area contributed by atoms with Crippen LogP contribution in [0.3, 0.4) is 0 Å². The highest BCUT2D eigenvalue weighted by Crippen LogP contribution is 2.45. The molecule has 72 valence electrons. The molecule has 1 aromatic carbocycles. The van der Waals surface area contributed by atoms with Crippen molar-refractivity contribution in [1.82, 2.24) is 0 Å². The van der Waals surface area contributed by atoms with Crippen LogP contribution in [0.1, 0.15) is 5.56 Å². The summed E-state index contributed by atoms with van der Waals surface area (Å²) in [5.41, 5.74) is 0.275. The van der Waals surface area contributed by atoms with E-state index in [9.17, 15) is 0 Å². The smallest absolute Gasteiger partial charge is 0.0843 e. The van der Waals surface area contributed by atoms with E-state index in [2.05, 4.69) is 0 Å². The van der Waals surface area contributed by atoms with Crippen molar-refractivity contribution in [2.75, 3.05) is 0 Å². The maximum Gasteiger partial charge on any atom is 0.217 e. The van der Waals surface area contributed by atoms with Crippen LogP contribution in [-0.4, -0.2) is 0 Å². The maximum atomic E-state index is 5.81. The van der Waals surface area contributed by atoms with E-state index < -0.39 is 3.79 Å². The summed E-state index contributed by atoms with van der Waals surface area (Å²) in [4.78, 5) is 0. The van der Waals surface area contributed by atoms with Gasteiger partial charge >= 0.3 is 0 Å². The molecule has 0 unspecified atom stereocenters. The number of hydrogen-bond donors (Lipinski definition) is 0. The van der Waals surface area contributed by atoms with Crippen molar-refractivity contribution in [3.05, 3.63) is 32.8 Å². The normalized spacial score (nSPS) is 11.8. The molecule has 0 saturated carbocycles. The highest BCUT2D eigenvalue weighted by Gasteiger charge is 2.27. The van der Waals surface area contributed by atoms with E-state index in [0.717, 1.165) is 0 Å². The van der Waals surface area contributed by atoms with Crippen LogP contribution in [0, 0.1) is 0 Å². The molecule has 0 saturated heterocycles. The minimum Gasteiger partial charge on any atom is -0.0843 e. The van der Waals surface area contributed by atoms with Crippen molar-refractivity contribution >= 4 is 69.6 Å². The second kappa shape index (κ2) is 4.22. The second-order valence-corrected chi connectivity index (χ2v) is 5.75. The minimum atomic E-state index is -1.62. The molecule has 0 radical (unpaired) electrons. The first kappa shape index (κ1) is 12.0. The fourth-order valence-corrected chi connectivity index (χ4v) is 2.10. The molecule has 1 rings (SSSR count). The molecule has 0 atom stereocenters. The van der Waals surface area contributed by atoms with Crippen molar-refractivity contribution in [1.29, 1.82) is 0 Å². The first-order chi connectivity index (χ1) is 5.82. The molecule has 0 aliphatic carbocycles. The molecule has 13 heavy (non-hydrogen) atoms. The van der Waals surface area contributed by atoms with E-state index >= 15 is 0 Å². The van der Waals surface area contributed by atoms with Crippen LogP contribution >= 0.6 is 69.6 Å².